The van der Waals surface area contributed by atoms with Crippen molar-refractivity contribution in [1.29, 1.82) is 0 Å². The lowest BCUT2D eigenvalue weighted by Crippen LogP contribution is -2.44. The number of nitrogens with zero attached hydrogens (tertiary/aromatic N) is 1. The highest BCUT2D eigenvalue weighted by atomic mass is 35.5. The number of alkyl halides is 3. The van der Waals surface area contributed by atoms with Gasteiger partial charge in [0.15, 0.2) is 9.84 Å². The van der Waals surface area contributed by atoms with Gasteiger partial charge in [-0.25, -0.2) is 8.42 Å². The number of amides is 1. The number of rotatable bonds is 4. The quantitative estimate of drug-likeness (QED) is 0.796. The summed E-state index contributed by atoms with van der Waals surface area (Å²) < 4.78 is 62.0. The van der Waals surface area contributed by atoms with Crippen LogP contribution in [0.1, 0.15) is 36.0 Å². The molecule has 0 radical (unpaired) electrons. The molecule has 1 aliphatic carbocycles. The van der Waals surface area contributed by atoms with E-state index in [4.69, 9.17) is 11.6 Å². The average molecular weight is 384 g/mol. The van der Waals surface area contributed by atoms with Crippen LogP contribution in [0.5, 0.6) is 0 Å². The molecule has 1 saturated carbocycles. The summed E-state index contributed by atoms with van der Waals surface area (Å²) in [5, 5.41) is -0.0720. The molecule has 24 heavy (non-hydrogen) atoms. The Kier molecular flexibility index (Phi) is 5.49. The Bertz CT molecular complexity index is 728. The number of carbonyl (C=O) groups excluding carboxylic acids is 1. The molecule has 0 spiro atoms. The van der Waals surface area contributed by atoms with Crippen LogP contribution in [0.2, 0.25) is 5.02 Å². The molecule has 1 aliphatic rings. The summed E-state index contributed by atoms with van der Waals surface area (Å²) in [6.45, 7) is -1.35. The van der Waals surface area contributed by atoms with Crippen LogP contribution in [-0.4, -0.2) is 44.2 Å². The van der Waals surface area contributed by atoms with E-state index in [1.165, 1.54) is 12.1 Å². The molecular formula is C15H17ClF3NO3S. The van der Waals surface area contributed by atoms with E-state index >= 15 is 0 Å². The molecule has 1 fully saturated rings. The summed E-state index contributed by atoms with van der Waals surface area (Å²) >= 11 is 5.81. The van der Waals surface area contributed by atoms with Crippen molar-refractivity contribution in [2.75, 3.05) is 12.8 Å². The maximum Gasteiger partial charge on any atom is 0.406 e. The van der Waals surface area contributed by atoms with Gasteiger partial charge in [0.2, 0.25) is 0 Å². The Hall–Kier alpha value is -1.28. The summed E-state index contributed by atoms with van der Waals surface area (Å²) in [5.74, 6) is -0.833. The van der Waals surface area contributed by atoms with Crippen molar-refractivity contribution in [2.24, 2.45) is 0 Å². The molecule has 0 aliphatic heterocycles. The van der Waals surface area contributed by atoms with Gasteiger partial charge in [-0.3, -0.25) is 4.79 Å². The van der Waals surface area contributed by atoms with E-state index in [1.807, 2.05) is 0 Å². The van der Waals surface area contributed by atoms with Crippen molar-refractivity contribution in [3.63, 3.8) is 0 Å². The second-order valence-corrected chi connectivity index (χ2v) is 8.30. The molecule has 1 aromatic rings. The summed E-state index contributed by atoms with van der Waals surface area (Å²) in [6, 6.07) is 3.01. The number of carbonyl (C=O) groups is 1. The molecule has 0 aromatic heterocycles. The van der Waals surface area contributed by atoms with Crippen LogP contribution >= 0.6 is 11.6 Å². The third-order valence-electron chi connectivity index (χ3n) is 3.95. The Balaban J connectivity index is 2.39. The highest BCUT2D eigenvalue weighted by molar-refractivity contribution is 7.90. The zero-order chi connectivity index (χ0) is 18.1. The number of hydrogen-bond donors (Lipinski definition) is 0. The molecule has 1 aromatic carbocycles. The fraction of sp³-hybridized carbons (Fsp3) is 0.533. The molecule has 0 unspecified atom stereocenters. The molecular weight excluding hydrogens is 367 g/mol. The normalized spacial score (nSPS) is 16.4. The minimum absolute atomic E-state index is 0.0720. The molecule has 1 amide bonds. The molecule has 4 nitrogen and oxygen atoms in total. The van der Waals surface area contributed by atoms with E-state index in [1.54, 1.807) is 0 Å². The van der Waals surface area contributed by atoms with Crippen molar-refractivity contribution in [3.05, 3.63) is 28.8 Å². The van der Waals surface area contributed by atoms with Crippen LogP contribution < -0.4 is 0 Å². The number of hydrogen-bond acceptors (Lipinski definition) is 3. The highest BCUT2D eigenvalue weighted by Gasteiger charge is 2.38. The van der Waals surface area contributed by atoms with Gasteiger partial charge < -0.3 is 4.90 Å². The van der Waals surface area contributed by atoms with Gasteiger partial charge in [-0.2, -0.15) is 13.2 Å². The van der Waals surface area contributed by atoms with Gasteiger partial charge in [-0.15, -0.1) is 0 Å². The fourth-order valence-corrected chi connectivity index (χ4v) is 4.16. The van der Waals surface area contributed by atoms with E-state index in [0.29, 0.717) is 12.8 Å². The van der Waals surface area contributed by atoms with Gasteiger partial charge in [-0.05, 0) is 31.0 Å². The lowest BCUT2D eigenvalue weighted by molar-refractivity contribution is -0.144. The third kappa shape index (κ3) is 4.63. The molecule has 134 valence electrons. The largest absolute Gasteiger partial charge is 0.406 e. The summed E-state index contributed by atoms with van der Waals surface area (Å²) in [4.78, 5) is 13.1. The lowest BCUT2D eigenvalue weighted by Gasteiger charge is -2.30. The monoisotopic (exact) mass is 383 g/mol. The fourth-order valence-electron chi connectivity index (χ4n) is 2.86. The van der Waals surface area contributed by atoms with E-state index < -0.39 is 34.5 Å². The predicted octanol–water partition coefficient (Wildman–Crippen LogP) is 3.69. The minimum Gasteiger partial charge on any atom is -0.327 e. The molecule has 9 heteroatoms. The SMILES string of the molecule is CS(=O)(=O)c1cc(C(=O)N(CC(F)(F)F)C2CCCC2)ccc1Cl. The Labute approximate surface area is 143 Å². The first kappa shape index (κ1) is 19.1. The zero-order valence-electron chi connectivity index (χ0n) is 12.9. The third-order valence-corrected chi connectivity index (χ3v) is 5.53. The van der Waals surface area contributed by atoms with Crippen molar-refractivity contribution in [1.82, 2.24) is 4.90 Å². The number of benzene rings is 1. The van der Waals surface area contributed by atoms with E-state index in [9.17, 15) is 26.4 Å². The van der Waals surface area contributed by atoms with E-state index in [2.05, 4.69) is 0 Å². The molecule has 0 bridgehead atoms. The summed E-state index contributed by atoms with van der Waals surface area (Å²) in [5.41, 5.74) is -0.115. The summed E-state index contributed by atoms with van der Waals surface area (Å²) in [7, 11) is -3.69. The average Bonchev–Trinajstić information content (AvgIpc) is 2.96. The Morgan fingerprint density at radius 2 is 1.88 bits per heavy atom. The van der Waals surface area contributed by atoms with Crippen LogP contribution in [0, 0.1) is 0 Å². The summed E-state index contributed by atoms with van der Waals surface area (Å²) in [6.07, 6.45) is -1.05. The second kappa shape index (κ2) is 6.92. The van der Waals surface area contributed by atoms with Crippen LogP contribution in [0.3, 0.4) is 0 Å². The standard InChI is InChI=1S/C15H17ClF3NO3S/c1-24(22,23)13-8-10(6-7-12(13)16)14(21)20(9-15(17,18)19)11-4-2-3-5-11/h6-8,11H,2-5,9H2,1H3. The molecule has 0 atom stereocenters. The van der Waals surface area contributed by atoms with Crippen molar-refractivity contribution < 1.29 is 26.4 Å². The van der Waals surface area contributed by atoms with Gasteiger partial charge in [-0.1, -0.05) is 24.4 Å². The van der Waals surface area contributed by atoms with E-state index in [-0.39, 0.29) is 15.5 Å². The van der Waals surface area contributed by atoms with Crippen LogP contribution in [-0.2, 0) is 9.84 Å². The molecule has 0 N–H and O–H groups in total. The van der Waals surface area contributed by atoms with Gasteiger partial charge in [0.05, 0.1) is 9.92 Å². The maximum atomic E-state index is 12.9. The van der Waals surface area contributed by atoms with Crippen molar-refractivity contribution in [2.45, 2.75) is 42.8 Å². The van der Waals surface area contributed by atoms with Crippen LogP contribution in [0.25, 0.3) is 0 Å². The molecule has 2 rings (SSSR count). The molecule has 0 saturated heterocycles. The van der Waals surface area contributed by atoms with Gasteiger partial charge in [0.25, 0.3) is 5.91 Å². The first-order valence-electron chi connectivity index (χ1n) is 7.36. The first-order chi connectivity index (χ1) is 11.0. The second-order valence-electron chi connectivity index (χ2n) is 5.90. The van der Waals surface area contributed by atoms with Crippen LogP contribution in [0.4, 0.5) is 13.2 Å². The number of halogens is 4. The topological polar surface area (TPSA) is 54.5 Å². The Morgan fingerprint density at radius 1 is 1.29 bits per heavy atom. The van der Waals surface area contributed by atoms with Gasteiger partial charge in [0.1, 0.15) is 6.54 Å². The smallest absolute Gasteiger partial charge is 0.327 e. The number of sulfone groups is 1. The highest BCUT2D eigenvalue weighted by Crippen LogP contribution is 2.30. The minimum atomic E-state index is -4.52. The molecule has 0 heterocycles. The van der Waals surface area contributed by atoms with Crippen molar-refractivity contribution >= 4 is 27.3 Å². The lowest BCUT2D eigenvalue weighted by atomic mass is 10.1. The Morgan fingerprint density at radius 3 is 2.38 bits per heavy atom. The van der Waals surface area contributed by atoms with Gasteiger partial charge >= 0.3 is 6.18 Å². The van der Waals surface area contributed by atoms with Gasteiger partial charge in [0, 0.05) is 17.9 Å². The maximum absolute atomic E-state index is 12.9. The van der Waals surface area contributed by atoms with Crippen molar-refractivity contribution in [3.8, 4) is 0 Å². The van der Waals surface area contributed by atoms with E-state index in [0.717, 1.165) is 30.1 Å². The zero-order valence-corrected chi connectivity index (χ0v) is 14.5. The van der Waals surface area contributed by atoms with Crippen LogP contribution in [0.15, 0.2) is 23.1 Å². The predicted molar refractivity (Wildman–Crippen MR) is 83.9 cm³/mol. The first-order valence-corrected chi connectivity index (χ1v) is 9.63.